The number of nitro groups is 1. The summed E-state index contributed by atoms with van der Waals surface area (Å²) in [5, 5.41) is 10.6. The molecule has 2 aromatic rings. The summed E-state index contributed by atoms with van der Waals surface area (Å²) < 4.78 is 10.4. The number of imide groups is 1. The number of nitro benzene ring substituents is 1. The van der Waals surface area contributed by atoms with E-state index in [9.17, 15) is 24.5 Å². The molecule has 154 valence electrons. The third kappa shape index (κ3) is 4.25. The van der Waals surface area contributed by atoms with Crippen LogP contribution in [0.25, 0.3) is 6.08 Å². The topological polar surface area (TPSA) is 128 Å². The maximum Gasteiger partial charge on any atom is 0.312 e. The lowest BCUT2D eigenvalue weighted by Crippen LogP contribution is -2.44. The molecule has 1 fully saturated rings. The number of nitrogens with one attached hydrogen (secondary N) is 1. The van der Waals surface area contributed by atoms with Crippen LogP contribution in [-0.4, -0.2) is 41.2 Å². The molecule has 1 N–H and O–H groups in total. The molecule has 2 aromatic carbocycles. The second-order valence-corrected chi connectivity index (χ2v) is 6.87. The van der Waals surface area contributed by atoms with Gasteiger partial charge in [0.05, 0.1) is 24.0 Å². The van der Waals surface area contributed by atoms with Crippen molar-refractivity contribution in [3.8, 4) is 11.5 Å². The van der Waals surface area contributed by atoms with Crippen LogP contribution in [0.4, 0.5) is 10.5 Å². The van der Waals surface area contributed by atoms with Crippen molar-refractivity contribution in [2.24, 2.45) is 0 Å². The molecule has 11 heteroatoms. The number of hydrogen-bond donors (Lipinski definition) is 1. The van der Waals surface area contributed by atoms with Gasteiger partial charge in [-0.25, -0.2) is 0 Å². The lowest BCUT2D eigenvalue weighted by atomic mass is 10.2. The molecule has 1 saturated heterocycles. The first-order valence-electron chi connectivity index (χ1n) is 8.39. The van der Waals surface area contributed by atoms with E-state index >= 15 is 0 Å². The number of benzene rings is 2. The van der Waals surface area contributed by atoms with Crippen LogP contribution in [0.3, 0.4) is 0 Å². The number of hydrogen-bond acceptors (Lipinski definition) is 8. The van der Waals surface area contributed by atoms with Crippen molar-refractivity contribution < 1.29 is 28.8 Å². The summed E-state index contributed by atoms with van der Waals surface area (Å²) in [7, 11) is 2.97. The molecule has 10 nitrogen and oxygen atoms in total. The van der Waals surface area contributed by atoms with Gasteiger partial charge < -0.3 is 9.47 Å². The van der Waals surface area contributed by atoms with Gasteiger partial charge in [0.15, 0.2) is 11.5 Å². The van der Waals surface area contributed by atoms with Crippen LogP contribution < -0.4 is 14.9 Å². The second kappa shape index (κ2) is 8.66. The highest BCUT2D eigenvalue weighted by atomic mass is 32.2. The Hall–Kier alpha value is -3.86. The molecular formula is C19H15N3O7S. The molecule has 0 radical (unpaired) electrons. The third-order valence-corrected chi connectivity index (χ3v) is 4.92. The largest absolute Gasteiger partial charge is 0.493 e. The Bertz CT molecular complexity index is 1070. The minimum absolute atomic E-state index is 0.0588. The van der Waals surface area contributed by atoms with E-state index in [4.69, 9.17) is 9.47 Å². The van der Waals surface area contributed by atoms with Crippen LogP contribution in [0.2, 0.25) is 0 Å². The molecule has 1 heterocycles. The van der Waals surface area contributed by atoms with Crippen molar-refractivity contribution in [1.82, 2.24) is 10.4 Å². The van der Waals surface area contributed by atoms with E-state index in [0.29, 0.717) is 33.8 Å². The summed E-state index contributed by atoms with van der Waals surface area (Å²) in [6.07, 6.45) is 1.49. The number of hydrazine groups is 1. The van der Waals surface area contributed by atoms with Crippen LogP contribution in [-0.2, 0) is 4.79 Å². The fourth-order valence-corrected chi connectivity index (χ4v) is 3.34. The Morgan fingerprint density at radius 1 is 1.10 bits per heavy atom. The highest BCUT2D eigenvalue weighted by molar-refractivity contribution is 8.18. The molecule has 0 atom stereocenters. The number of rotatable bonds is 6. The zero-order valence-corrected chi connectivity index (χ0v) is 16.6. The second-order valence-electron chi connectivity index (χ2n) is 5.88. The predicted molar refractivity (Wildman–Crippen MR) is 108 cm³/mol. The maximum atomic E-state index is 12.6. The fourth-order valence-electron chi connectivity index (χ4n) is 2.56. The summed E-state index contributed by atoms with van der Waals surface area (Å²) in [6, 6.07) is 9.75. The van der Waals surface area contributed by atoms with Crippen LogP contribution in [0.5, 0.6) is 11.5 Å². The van der Waals surface area contributed by atoms with Gasteiger partial charge in [-0.15, -0.1) is 0 Å². The van der Waals surface area contributed by atoms with Gasteiger partial charge >= 0.3 is 5.24 Å². The number of thioether (sulfide) groups is 1. The molecule has 1 aliphatic heterocycles. The molecule has 3 amide bonds. The molecule has 30 heavy (non-hydrogen) atoms. The summed E-state index contributed by atoms with van der Waals surface area (Å²) in [5.74, 6) is -0.482. The SMILES string of the molecule is COc1ccc(/C=C2\SC(=O)N(NC(=O)c3ccc([N+](=O)[O-])cc3)C2=O)cc1OC. The van der Waals surface area contributed by atoms with Crippen molar-refractivity contribution in [2.75, 3.05) is 14.2 Å². The highest BCUT2D eigenvalue weighted by Crippen LogP contribution is 2.33. The third-order valence-electron chi connectivity index (χ3n) is 4.05. The number of carbonyl (C=O) groups is 3. The van der Waals surface area contributed by atoms with Gasteiger partial charge in [0.1, 0.15) is 0 Å². The van der Waals surface area contributed by atoms with Gasteiger partial charge in [0, 0.05) is 17.7 Å². The number of ether oxygens (including phenoxy) is 2. The van der Waals surface area contributed by atoms with Crippen molar-refractivity contribution in [2.45, 2.75) is 0 Å². The van der Waals surface area contributed by atoms with Crippen molar-refractivity contribution in [1.29, 1.82) is 0 Å². The first kappa shape index (κ1) is 20.9. The standard InChI is InChI=1S/C19H15N3O7S/c1-28-14-8-3-11(9-15(14)29-2)10-16-18(24)21(19(25)30-16)20-17(23)12-4-6-13(7-5-12)22(26)27/h3-10H,1-2H3,(H,20,23)/b16-10-. The van der Waals surface area contributed by atoms with Gasteiger partial charge in [0.2, 0.25) is 0 Å². The Morgan fingerprint density at radius 3 is 2.37 bits per heavy atom. The van der Waals surface area contributed by atoms with Gasteiger partial charge in [-0.3, -0.25) is 29.9 Å². The Labute approximate surface area is 174 Å². The Morgan fingerprint density at radius 2 is 1.77 bits per heavy atom. The van der Waals surface area contributed by atoms with Gasteiger partial charge in [0.25, 0.3) is 17.5 Å². The zero-order valence-electron chi connectivity index (χ0n) is 15.8. The van der Waals surface area contributed by atoms with E-state index in [1.165, 1.54) is 32.4 Å². The Kier molecular flexibility index (Phi) is 6.02. The van der Waals surface area contributed by atoms with Gasteiger partial charge in [-0.05, 0) is 47.7 Å². The first-order valence-corrected chi connectivity index (χ1v) is 9.21. The van der Waals surface area contributed by atoms with Crippen LogP contribution in [0, 0.1) is 10.1 Å². The molecule has 0 spiro atoms. The van der Waals surface area contributed by atoms with E-state index in [1.54, 1.807) is 18.2 Å². The monoisotopic (exact) mass is 429 g/mol. The highest BCUT2D eigenvalue weighted by Gasteiger charge is 2.36. The summed E-state index contributed by atoms with van der Waals surface area (Å²) in [4.78, 5) is 47.3. The molecule has 0 aliphatic carbocycles. The summed E-state index contributed by atoms with van der Waals surface area (Å²) in [5.41, 5.74) is 2.69. The normalized spacial score (nSPS) is 14.7. The molecule has 3 rings (SSSR count). The lowest BCUT2D eigenvalue weighted by Gasteiger charge is -2.13. The van der Waals surface area contributed by atoms with E-state index in [0.717, 1.165) is 12.1 Å². The fraction of sp³-hybridized carbons (Fsp3) is 0.105. The van der Waals surface area contributed by atoms with Crippen LogP contribution >= 0.6 is 11.8 Å². The average Bonchev–Trinajstić information content (AvgIpc) is 3.00. The molecule has 1 aliphatic rings. The van der Waals surface area contributed by atoms with Gasteiger partial charge in [-0.1, -0.05) is 6.07 Å². The summed E-state index contributed by atoms with van der Waals surface area (Å²) in [6.45, 7) is 0. The van der Waals surface area contributed by atoms with E-state index < -0.39 is 22.0 Å². The number of amides is 3. The minimum atomic E-state index is -0.750. The van der Waals surface area contributed by atoms with Gasteiger partial charge in [-0.2, -0.15) is 5.01 Å². The summed E-state index contributed by atoms with van der Waals surface area (Å²) >= 11 is 0.666. The smallest absolute Gasteiger partial charge is 0.312 e. The average molecular weight is 429 g/mol. The number of carbonyl (C=O) groups excluding carboxylic acids is 3. The van der Waals surface area contributed by atoms with Crippen LogP contribution in [0.1, 0.15) is 15.9 Å². The lowest BCUT2D eigenvalue weighted by molar-refractivity contribution is -0.384. The van der Waals surface area contributed by atoms with E-state index in [-0.39, 0.29) is 16.2 Å². The van der Waals surface area contributed by atoms with E-state index in [2.05, 4.69) is 5.43 Å². The number of nitrogens with zero attached hydrogens (tertiary/aromatic N) is 2. The molecule has 0 bridgehead atoms. The van der Waals surface area contributed by atoms with E-state index in [1.807, 2.05) is 0 Å². The van der Waals surface area contributed by atoms with Crippen molar-refractivity contribution >= 4 is 40.6 Å². The molecule has 0 saturated carbocycles. The van der Waals surface area contributed by atoms with Crippen LogP contribution in [0.15, 0.2) is 47.4 Å². The minimum Gasteiger partial charge on any atom is -0.493 e. The molecule has 0 unspecified atom stereocenters. The zero-order chi connectivity index (χ0) is 21.8. The number of non-ortho nitro benzene ring substituents is 1. The molecule has 0 aromatic heterocycles. The Balaban J connectivity index is 1.76. The maximum absolute atomic E-state index is 12.6. The van der Waals surface area contributed by atoms with Crippen molar-refractivity contribution in [3.63, 3.8) is 0 Å². The van der Waals surface area contributed by atoms with Crippen molar-refractivity contribution in [3.05, 3.63) is 68.6 Å². The first-order chi connectivity index (χ1) is 14.3. The molecular weight excluding hydrogens is 414 g/mol. The quantitative estimate of drug-likeness (QED) is 0.422. The predicted octanol–water partition coefficient (Wildman–Crippen LogP) is 2.99. The number of methoxy groups -OCH3 is 2.